The molecule has 0 fully saturated rings. The zero-order chi connectivity index (χ0) is 19.2. The van der Waals surface area contributed by atoms with Crippen LogP contribution in [0.5, 0.6) is 0 Å². The molecule has 5 nitrogen and oxygen atoms in total. The fourth-order valence-electron chi connectivity index (χ4n) is 2.48. The highest BCUT2D eigenvalue weighted by Crippen LogP contribution is 2.26. The molecule has 140 valence electrons. The minimum atomic E-state index is -0.237. The predicted octanol–water partition coefficient (Wildman–Crippen LogP) is 4.94. The molecule has 1 atom stereocenters. The second kappa shape index (κ2) is 9.26. The van der Waals surface area contributed by atoms with E-state index in [2.05, 4.69) is 15.5 Å². The van der Waals surface area contributed by atoms with Crippen LogP contribution in [0, 0.1) is 0 Å². The van der Waals surface area contributed by atoms with Crippen LogP contribution in [0.4, 0.5) is 0 Å². The van der Waals surface area contributed by atoms with E-state index in [0.717, 1.165) is 11.1 Å². The highest BCUT2D eigenvalue weighted by molar-refractivity contribution is 7.99. The normalized spacial score (nSPS) is 12.0. The van der Waals surface area contributed by atoms with Crippen LogP contribution in [-0.4, -0.2) is 21.9 Å². The number of hydrogen-bond donors (Lipinski definition) is 1. The van der Waals surface area contributed by atoms with Gasteiger partial charge >= 0.3 is 0 Å². The molecule has 2 aromatic carbocycles. The third-order valence-electron chi connectivity index (χ3n) is 3.78. The van der Waals surface area contributed by atoms with Gasteiger partial charge in [-0.2, -0.15) is 0 Å². The number of thioether (sulfide) groups is 1. The Balaban J connectivity index is 1.50. The molecular formula is C19H17Cl2N3O2S. The Hall–Kier alpha value is -2.02. The van der Waals surface area contributed by atoms with E-state index in [-0.39, 0.29) is 17.7 Å². The summed E-state index contributed by atoms with van der Waals surface area (Å²) in [6, 6.07) is 14.8. The summed E-state index contributed by atoms with van der Waals surface area (Å²) in [5.74, 6) is 0.537. The zero-order valence-electron chi connectivity index (χ0n) is 14.5. The summed E-state index contributed by atoms with van der Waals surface area (Å²) < 4.78 is 5.58. The standard InChI is InChI=1S/C19H17Cl2N3O2S/c1-12(15-8-7-14(20)10-16(15)21)22-17(25)11-27-19-24-23-18(26-19)9-13-5-3-2-4-6-13/h2-8,10,12H,9,11H2,1H3,(H,22,25). The predicted molar refractivity (Wildman–Crippen MR) is 107 cm³/mol. The van der Waals surface area contributed by atoms with Crippen molar-refractivity contribution in [2.45, 2.75) is 24.6 Å². The van der Waals surface area contributed by atoms with E-state index < -0.39 is 0 Å². The summed E-state index contributed by atoms with van der Waals surface area (Å²) in [7, 11) is 0. The Labute approximate surface area is 171 Å². The minimum Gasteiger partial charge on any atom is -0.416 e. The lowest BCUT2D eigenvalue weighted by atomic mass is 10.1. The second-order valence-electron chi connectivity index (χ2n) is 5.87. The summed E-state index contributed by atoms with van der Waals surface area (Å²) in [6.07, 6.45) is 0.562. The second-order valence-corrected chi connectivity index (χ2v) is 7.64. The number of carbonyl (C=O) groups is 1. The van der Waals surface area contributed by atoms with Gasteiger partial charge in [-0.1, -0.05) is 71.4 Å². The molecule has 0 radical (unpaired) electrons. The minimum absolute atomic E-state index is 0.152. The van der Waals surface area contributed by atoms with Crippen molar-refractivity contribution in [1.82, 2.24) is 15.5 Å². The van der Waals surface area contributed by atoms with Gasteiger partial charge < -0.3 is 9.73 Å². The SMILES string of the molecule is CC(NC(=O)CSc1nnc(Cc2ccccc2)o1)c1ccc(Cl)cc1Cl. The monoisotopic (exact) mass is 421 g/mol. The summed E-state index contributed by atoms with van der Waals surface area (Å²) in [5, 5.41) is 12.3. The number of nitrogens with zero attached hydrogens (tertiary/aromatic N) is 2. The molecule has 0 aliphatic heterocycles. The third kappa shape index (κ3) is 5.73. The van der Waals surface area contributed by atoms with Gasteiger partial charge in [0.15, 0.2) is 0 Å². The Kier molecular flexibility index (Phi) is 6.77. The van der Waals surface area contributed by atoms with E-state index in [1.807, 2.05) is 37.3 Å². The van der Waals surface area contributed by atoms with Gasteiger partial charge in [-0.3, -0.25) is 4.79 Å². The van der Waals surface area contributed by atoms with Crippen molar-refractivity contribution in [3.8, 4) is 0 Å². The molecule has 0 bridgehead atoms. The lowest BCUT2D eigenvalue weighted by molar-refractivity contribution is -0.119. The molecule has 1 amide bonds. The van der Waals surface area contributed by atoms with E-state index in [4.69, 9.17) is 27.6 Å². The van der Waals surface area contributed by atoms with Crippen molar-refractivity contribution < 1.29 is 9.21 Å². The van der Waals surface area contributed by atoms with E-state index in [1.165, 1.54) is 11.8 Å². The quantitative estimate of drug-likeness (QED) is 0.547. The Morgan fingerprint density at radius 3 is 2.70 bits per heavy atom. The first-order valence-electron chi connectivity index (χ1n) is 8.24. The van der Waals surface area contributed by atoms with Gasteiger partial charge in [0.1, 0.15) is 0 Å². The summed E-state index contributed by atoms with van der Waals surface area (Å²) in [6.45, 7) is 1.86. The molecule has 0 aliphatic rings. The molecule has 1 N–H and O–H groups in total. The van der Waals surface area contributed by atoms with E-state index in [1.54, 1.807) is 18.2 Å². The van der Waals surface area contributed by atoms with Crippen LogP contribution in [0.15, 0.2) is 58.2 Å². The Bertz CT molecular complexity index is 918. The molecule has 0 saturated heterocycles. The first-order valence-corrected chi connectivity index (χ1v) is 9.99. The lowest BCUT2D eigenvalue weighted by Gasteiger charge is -2.15. The van der Waals surface area contributed by atoms with Gasteiger partial charge in [-0.05, 0) is 30.2 Å². The van der Waals surface area contributed by atoms with Gasteiger partial charge in [0.25, 0.3) is 5.22 Å². The van der Waals surface area contributed by atoms with Crippen molar-refractivity contribution in [3.05, 3.63) is 75.6 Å². The van der Waals surface area contributed by atoms with Crippen molar-refractivity contribution >= 4 is 40.9 Å². The number of amides is 1. The van der Waals surface area contributed by atoms with E-state index in [9.17, 15) is 4.79 Å². The van der Waals surface area contributed by atoms with E-state index in [0.29, 0.717) is 27.6 Å². The van der Waals surface area contributed by atoms with Crippen LogP contribution >= 0.6 is 35.0 Å². The largest absolute Gasteiger partial charge is 0.416 e. The fraction of sp³-hybridized carbons (Fsp3) is 0.211. The summed E-state index contributed by atoms with van der Waals surface area (Å²) in [4.78, 5) is 12.2. The first-order chi connectivity index (χ1) is 13.0. The highest BCUT2D eigenvalue weighted by Gasteiger charge is 2.15. The molecule has 8 heteroatoms. The molecule has 0 saturated carbocycles. The molecule has 0 spiro atoms. The number of hydrogen-bond acceptors (Lipinski definition) is 5. The van der Waals surface area contributed by atoms with Crippen LogP contribution < -0.4 is 5.32 Å². The number of rotatable bonds is 7. The maximum atomic E-state index is 12.2. The average molecular weight is 422 g/mol. The molecule has 1 aromatic heterocycles. The maximum absolute atomic E-state index is 12.2. The number of nitrogens with one attached hydrogen (secondary N) is 1. The third-order valence-corrected chi connectivity index (χ3v) is 5.16. The lowest BCUT2D eigenvalue weighted by Crippen LogP contribution is -2.28. The van der Waals surface area contributed by atoms with Gasteiger partial charge in [-0.25, -0.2) is 0 Å². The van der Waals surface area contributed by atoms with Gasteiger partial charge in [-0.15, -0.1) is 10.2 Å². The van der Waals surface area contributed by atoms with Crippen molar-refractivity contribution in [2.75, 3.05) is 5.75 Å². The fourth-order valence-corrected chi connectivity index (χ4v) is 3.64. The number of aromatic nitrogens is 2. The number of carbonyl (C=O) groups excluding carboxylic acids is 1. The molecular weight excluding hydrogens is 405 g/mol. The van der Waals surface area contributed by atoms with Crippen LogP contribution in [0.25, 0.3) is 0 Å². The number of benzene rings is 2. The molecule has 3 rings (SSSR count). The molecule has 1 heterocycles. The average Bonchev–Trinajstić information content (AvgIpc) is 3.08. The molecule has 3 aromatic rings. The van der Waals surface area contributed by atoms with Crippen molar-refractivity contribution in [2.24, 2.45) is 0 Å². The topological polar surface area (TPSA) is 68.0 Å². The van der Waals surface area contributed by atoms with Gasteiger partial charge in [0.2, 0.25) is 11.8 Å². The van der Waals surface area contributed by atoms with Crippen molar-refractivity contribution in [3.63, 3.8) is 0 Å². The highest BCUT2D eigenvalue weighted by atomic mass is 35.5. The maximum Gasteiger partial charge on any atom is 0.277 e. The number of halogens is 2. The van der Waals surface area contributed by atoms with Crippen molar-refractivity contribution in [1.29, 1.82) is 0 Å². The van der Waals surface area contributed by atoms with Gasteiger partial charge in [0.05, 0.1) is 18.2 Å². The van der Waals surface area contributed by atoms with Crippen LogP contribution in [-0.2, 0) is 11.2 Å². The summed E-state index contributed by atoms with van der Waals surface area (Å²) >= 11 is 13.3. The molecule has 0 aliphatic carbocycles. The zero-order valence-corrected chi connectivity index (χ0v) is 16.8. The van der Waals surface area contributed by atoms with Gasteiger partial charge in [0, 0.05) is 10.0 Å². The van der Waals surface area contributed by atoms with E-state index >= 15 is 0 Å². The smallest absolute Gasteiger partial charge is 0.277 e. The van der Waals surface area contributed by atoms with Crippen LogP contribution in [0.2, 0.25) is 10.0 Å². The van der Waals surface area contributed by atoms with Crippen LogP contribution in [0.1, 0.15) is 30.0 Å². The van der Waals surface area contributed by atoms with Crippen LogP contribution in [0.3, 0.4) is 0 Å². The molecule has 1 unspecified atom stereocenters. The first kappa shape index (κ1) is 19.7. The Morgan fingerprint density at radius 2 is 1.96 bits per heavy atom. The summed E-state index contributed by atoms with van der Waals surface area (Å²) in [5.41, 5.74) is 1.89. The molecule has 27 heavy (non-hydrogen) atoms. The Morgan fingerprint density at radius 1 is 1.19 bits per heavy atom.